The average Bonchev–Trinajstić information content (AvgIpc) is 3.15. The van der Waals surface area contributed by atoms with Gasteiger partial charge in [-0.05, 0) is 67.9 Å². The Labute approximate surface area is 147 Å². The second kappa shape index (κ2) is 5.64. The Kier molecular flexibility index (Phi) is 3.40. The molecular weight excluding hydrogens is 314 g/mol. The lowest BCUT2D eigenvalue weighted by molar-refractivity contribution is -0.0491. The summed E-state index contributed by atoms with van der Waals surface area (Å²) in [6.07, 6.45) is 11.4. The predicted molar refractivity (Wildman–Crippen MR) is 92.1 cm³/mol. The van der Waals surface area contributed by atoms with Crippen molar-refractivity contribution in [3.63, 3.8) is 0 Å². The van der Waals surface area contributed by atoms with Crippen molar-refractivity contribution in [2.75, 3.05) is 7.05 Å². The minimum atomic E-state index is 0.0984. The molecule has 4 aliphatic carbocycles. The molecule has 2 heterocycles. The van der Waals surface area contributed by atoms with E-state index in [1.54, 1.807) is 23.3 Å². The van der Waals surface area contributed by atoms with Gasteiger partial charge in [-0.25, -0.2) is 14.6 Å². The van der Waals surface area contributed by atoms with Gasteiger partial charge in [0.25, 0.3) is 5.91 Å². The van der Waals surface area contributed by atoms with Gasteiger partial charge in [-0.1, -0.05) is 0 Å². The van der Waals surface area contributed by atoms with Crippen molar-refractivity contribution in [1.82, 2.24) is 24.6 Å². The van der Waals surface area contributed by atoms with E-state index in [0.717, 1.165) is 11.8 Å². The second-order valence-electron chi connectivity index (χ2n) is 8.08. The third-order valence-corrected chi connectivity index (χ3v) is 6.59. The number of nitrogens with zero attached hydrogens (tertiary/aromatic N) is 5. The fraction of sp³-hybridized carbons (Fsp3) is 0.579. The summed E-state index contributed by atoms with van der Waals surface area (Å²) in [5.74, 6) is 3.95. The number of rotatable bonds is 3. The van der Waals surface area contributed by atoms with Crippen molar-refractivity contribution < 1.29 is 4.79 Å². The number of amides is 1. The van der Waals surface area contributed by atoms with E-state index in [2.05, 4.69) is 15.1 Å². The average molecular weight is 337 g/mol. The van der Waals surface area contributed by atoms with Crippen molar-refractivity contribution in [2.24, 2.45) is 23.7 Å². The molecule has 0 atom stereocenters. The Bertz CT molecular complexity index is 759. The Morgan fingerprint density at radius 3 is 2.52 bits per heavy atom. The molecule has 2 aromatic heterocycles. The van der Waals surface area contributed by atoms with Crippen LogP contribution in [0.4, 0.5) is 0 Å². The summed E-state index contributed by atoms with van der Waals surface area (Å²) in [4.78, 5) is 23.4. The van der Waals surface area contributed by atoms with Gasteiger partial charge in [-0.3, -0.25) is 4.79 Å². The van der Waals surface area contributed by atoms with Crippen LogP contribution in [0.25, 0.3) is 5.82 Å². The van der Waals surface area contributed by atoms with E-state index in [0.29, 0.717) is 29.3 Å². The van der Waals surface area contributed by atoms with Gasteiger partial charge in [-0.2, -0.15) is 5.10 Å². The minimum absolute atomic E-state index is 0.0984. The SMILES string of the molecule is CN(C(=O)c1ccnc(-n2cncn2)c1)C1C2CC3CC(C2)CC1C3. The van der Waals surface area contributed by atoms with E-state index >= 15 is 0 Å². The second-order valence-corrected chi connectivity index (χ2v) is 8.08. The summed E-state index contributed by atoms with van der Waals surface area (Å²) in [6, 6.07) is 4.02. The first-order valence-electron chi connectivity index (χ1n) is 9.27. The van der Waals surface area contributed by atoms with Crippen LogP contribution < -0.4 is 0 Å². The van der Waals surface area contributed by atoms with E-state index in [1.807, 2.05) is 18.0 Å². The molecule has 0 saturated heterocycles. The van der Waals surface area contributed by atoms with Crippen molar-refractivity contribution in [2.45, 2.75) is 38.1 Å². The van der Waals surface area contributed by atoms with Crippen molar-refractivity contribution in [1.29, 1.82) is 0 Å². The summed E-state index contributed by atoms with van der Waals surface area (Å²) < 4.78 is 1.58. The van der Waals surface area contributed by atoms with Crippen LogP contribution in [-0.2, 0) is 0 Å². The van der Waals surface area contributed by atoms with Gasteiger partial charge in [0.05, 0.1) is 0 Å². The number of hydrogen-bond donors (Lipinski definition) is 0. The summed E-state index contributed by atoms with van der Waals surface area (Å²) in [5.41, 5.74) is 0.678. The van der Waals surface area contributed by atoms with Crippen molar-refractivity contribution >= 4 is 5.91 Å². The highest BCUT2D eigenvalue weighted by Crippen LogP contribution is 2.55. The molecule has 0 spiro atoms. The molecule has 1 amide bonds. The van der Waals surface area contributed by atoms with Gasteiger partial charge in [0.1, 0.15) is 12.7 Å². The third kappa shape index (κ3) is 2.46. The zero-order valence-corrected chi connectivity index (χ0v) is 14.5. The first-order chi connectivity index (χ1) is 12.2. The molecular formula is C19H23N5O. The van der Waals surface area contributed by atoms with Gasteiger partial charge in [0.2, 0.25) is 0 Å². The maximum absolute atomic E-state index is 13.1. The molecule has 4 aliphatic rings. The molecule has 6 nitrogen and oxygen atoms in total. The van der Waals surface area contributed by atoms with E-state index in [-0.39, 0.29) is 5.91 Å². The molecule has 2 aromatic rings. The van der Waals surface area contributed by atoms with E-state index in [9.17, 15) is 4.79 Å². The monoisotopic (exact) mass is 337 g/mol. The normalized spacial score (nSPS) is 32.8. The molecule has 25 heavy (non-hydrogen) atoms. The van der Waals surface area contributed by atoms with Gasteiger partial charge in [0.15, 0.2) is 5.82 Å². The summed E-state index contributed by atoms with van der Waals surface area (Å²) in [7, 11) is 1.99. The maximum atomic E-state index is 13.1. The zero-order valence-electron chi connectivity index (χ0n) is 14.5. The van der Waals surface area contributed by atoms with Crippen LogP contribution in [0.2, 0.25) is 0 Å². The largest absolute Gasteiger partial charge is 0.338 e. The summed E-state index contributed by atoms with van der Waals surface area (Å²) in [5, 5.41) is 4.10. The van der Waals surface area contributed by atoms with Crippen LogP contribution in [0.1, 0.15) is 42.5 Å². The van der Waals surface area contributed by atoms with Gasteiger partial charge < -0.3 is 4.90 Å². The zero-order chi connectivity index (χ0) is 17.0. The highest BCUT2D eigenvalue weighted by atomic mass is 16.2. The van der Waals surface area contributed by atoms with Crippen LogP contribution in [0, 0.1) is 23.7 Å². The maximum Gasteiger partial charge on any atom is 0.254 e. The van der Waals surface area contributed by atoms with Crippen molar-refractivity contribution in [3.8, 4) is 5.82 Å². The summed E-state index contributed by atoms with van der Waals surface area (Å²) >= 11 is 0. The summed E-state index contributed by atoms with van der Waals surface area (Å²) in [6.45, 7) is 0. The topological polar surface area (TPSA) is 63.9 Å². The first-order valence-corrected chi connectivity index (χ1v) is 9.27. The number of aromatic nitrogens is 4. The Morgan fingerprint density at radius 1 is 1.16 bits per heavy atom. The Hall–Kier alpha value is -2.24. The van der Waals surface area contributed by atoms with Crippen LogP contribution in [-0.4, -0.2) is 43.6 Å². The van der Waals surface area contributed by atoms with E-state index in [4.69, 9.17) is 0 Å². The van der Waals surface area contributed by atoms with E-state index in [1.165, 1.54) is 38.4 Å². The highest BCUT2D eigenvalue weighted by molar-refractivity contribution is 5.94. The lowest BCUT2D eigenvalue weighted by Gasteiger charge is -2.56. The molecule has 4 saturated carbocycles. The predicted octanol–water partition coefficient (Wildman–Crippen LogP) is 2.56. The molecule has 130 valence electrons. The van der Waals surface area contributed by atoms with E-state index < -0.39 is 0 Å². The number of carbonyl (C=O) groups is 1. The van der Waals surface area contributed by atoms with Crippen molar-refractivity contribution in [3.05, 3.63) is 36.5 Å². The smallest absolute Gasteiger partial charge is 0.254 e. The highest BCUT2D eigenvalue weighted by Gasteiger charge is 2.50. The first kappa shape index (κ1) is 15.0. The van der Waals surface area contributed by atoms with Gasteiger partial charge in [-0.15, -0.1) is 0 Å². The fourth-order valence-corrected chi connectivity index (χ4v) is 5.87. The standard InChI is InChI=1S/C19H23N5O/c1-23(18-15-5-12-4-13(7-15)8-16(18)6-12)19(25)14-2-3-21-17(9-14)24-11-20-10-22-24/h2-3,9-13,15-16,18H,4-8H2,1H3. The number of hydrogen-bond acceptors (Lipinski definition) is 4. The Balaban J connectivity index is 1.40. The fourth-order valence-electron chi connectivity index (χ4n) is 5.87. The number of carbonyl (C=O) groups excluding carboxylic acids is 1. The molecule has 4 fully saturated rings. The molecule has 6 heteroatoms. The third-order valence-electron chi connectivity index (χ3n) is 6.59. The minimum Gasteiger partial charge on any atom is -0.338 e. The van der Waals surface area contributed by atoms with Crippen LogP contribution in [0.5, 0.6) is 0 Å². The quantitative estimate of drug-likeness (QED) is 0.863. The molecule has 6 rings (SSSR count). The molecule has 0 N–H and O–H groups in total. The molecule has 0 aliphatic heterocycles. The van der Waals surface area contributed by atoms with Gasteiger partial charge in [0, 0.05) is 24.8 Å². The Morgan fingerprint density at radius 2 is 1.88 bits per heavy atom. The molecule has 0 aromatic carbocycles. The molecule has 4 bridgehead atoms. The lowest BCUT2D eigenvalue weighted by Crippen LogP contribution is -2.56. The lowest BCUT2D eigenvalue weighted by atomic mass is 9.54. The molecule has 0 radical (unpaired) electrons. The van der Waals surface area contributed by atoms with Gasteiger partial charge >= 0.3 is 0 Å². The van der Waals surface area contributed by atoms with Crippen LogP contribution in [0.15, 0.2) is 31.0 Å². The van der Waals surface area contributed by atoms with Crippen LogP contribution in [0.3, 0.4) is 0 Å². The number of pyridine rings is 1. The van der Waals surface area contributed by atoms with Crippen LogP contribution >= 0.6 is 0 Å². The molecule has 0 unspecified atom stereocenters.